The van der Waals surface area contributed by atoms with Crippen molar-refractivity contribution >= 4 is 5.91 Å². The fourth-order valence-electron chi connectivity index (χ4n) is 2.15. The molecule has 0 bridgehead atoms. The normalized spacial score (nSPS) is 12.1. The van der Waals surface area contributed by atoms with E-state index in [9.17, 15) is 18.0 Å². The third-order valence-electron chi connectivity index (χ3n) is 3.52. The minimum Gasteiger partial charge on any atom is -0.348 e. The van der Waals surface area contributed by atoms with Crippen molar-refractivity contribution in [3.8, 4) is 0 Å². The first-order valence-electron chi connectivity index (χ1n) is 7.49. The highest BCUT2D eigenvalue weighted by atomic mass is 19.4. The Morgan fingerprint density at radius 3 is 2.29 bits per heavy atom. The molecule has 0 spiro atoms. The van der Waals surface area contributed by atoms with Gasteiger partial charge in [-0.3, -0.25) is 9.78 Å². The van der Waals surface area contributed by atoms with Gasteiger partial charge < -0.3 is 5.32 Å². The summed E-state index contributed by atoms with van der Waals surface area (Å²) in [5, 5.41) is 2.51. The van der Waals surface area contributed by atoms with Crippen LogP contribution in [0.3, 0.4) is 0 Å². The molecule has 2 rings (SSSR count). The molecule has 6 heteroatoms. The second kappa shape index (κ2) is 6.63. The topological polar surface area (TPSA) is 42.0 Å². The number of carbonyl (C=O) groups excluding carboxylic acids is 1. The Morgan fingerprint density at radius 2 is 1.75 bits per heavy atom. The van der Waals surface area contributed by atoms with E-state index in [1.165, 1.54) is 0 Å². The molecule has 2 aromatic rings. The van der Waals surface area contributed by atoms with Crippen LogP contribution in [0.5, 0.6) is 0 Å². The van der Waals surface area contributed by atoms with Gasteiger partial charge in [-0.1, -0.05) is 51.1 Å². The van der Waals surface area contributed by atoms with Gasteiger partial charge in [0.25, 0.3) is 5.91 Å². The van der Waals surface area contributed by atoms with E-state index in [1.807, 2.05) is 6.07 Å². The van der Waals surface area contributed by atoms with E-state index in [1.54, 1.807) is 45.0 Å². The van der Waals surface area contributed by atoms with Crippen molar-refractivity contribution in [2.75, 3.05) is 0 Å². The van der Waals surface area contributed by atoms with Gasteiger partial charge in [0.2, 0.25) is 0 Å². The van der Waals surface area contributed by atoms with Crippen molar-refractivity contribution in [1.82, 2.24) is 10.3 Å². The zero-order chi connectivity index (χ0) is 18.0. The molecule has 0 atom stereocenters. The van der Waals surface area contributed by atoms with Gasteiger partial charge in [0.1, 0.15) is 0 Å². The van der Waals surface area contributed by atoms with Crippen molar-refractivity contribution in [2.24, 2.45) is 0 Å². The zero-order valence-electron chi connectivity index (χ0n) is 13.7. The van der Waals surface area contributed by atoms with Crippen LogP contribution < -0.4 is 5.32 Å². The molecular weight excluding hydrogens is 317 g/mol. The highest BCUT2D eigenvalue weighted by molar-refractivity contribution is 5.95. The van der Waals surface area contributed by atoms with Gasteiger partial charge in [0, 0.05) is 23.9 Å². The smallest absolute Gasteiger partial charge is 0.348 e. The van der Waals surface area contributed by atoms with Gasteiger partial charge in [0.05, 0.1) is 11.1 Å². The molecule has 1 amide bonds. The van der Waals surface area contributed by atoms with E-state index >= 15 is 0 Å². The minimum absolute atomic E-state index is 0.151. The van der Waals surface area contributed by atoms with E-state index in [-0.39, 0.29) is 12.2 Å². The summed E-state index contributed by atoms with van der Waals surface area (Å²) in [5.74, 6) is -0.792. The van der Waals surface area contributed by atoms with Gasteiger partial charge in [-0.25, -0.2) is 0 Å². The number of halogens is 3. The van der Waals surface area contributed by atoms with Crippen LogP contribution in [0.15, 0.2) is 42.6 Å². The molecule has 0 aliphatic carbocycles. The van der Waals surface area contributed by atoms with Crippen LogP contribution in [-0.2, 0) is 18.1 Å². The first-order chi connectivity index (χ1) is 11.1. The Balaban J connectivity index is 2.30. The lowest BCUT2D eigenvalue weighted by Crippen LogP contribution is -2.27. The van der Waals surface area contributed by atoms with Gasteiger partial charge in [-0.2, -0.15) is 13.2 Å². The SMILES string of the molecule is CC(C)(C)c1cc(C(F)(F)F)c(C(=O)NCc2ccccc2)cn1. The standard InChI is InChI=1S/C18H19F3N2O/c1-17(2,3)15-9-14(18(19,20)21)13(11-22-15)16(24)23-10-12-7-5-4-6-8-12/h4-9,11H,10H2,1-3H3,(H,23,24). The van der Waals surface area contributed by atoms with Gasteiger partial charge in [0.15, 0.2) is 0 Å². The number of alkyl halides is 3. The largest absolute Gasteiger partial charge is 0.417 e. The van der Waals surface area contributed by atoms with Crippen molar-refractivity contribution in [3.63, 3.8) is 0 Å². The van der Waals surface area contributed by atoms with Crippen molar-refractivity contribution in [2.45, 2.75) is 38.9 Å². The Kier molecular flexibility index (Phi) is 4.96. The average molecular weight is 336 g/mol. The number of amides is 1. The van der Waals surface area contributed by atoms with Crippen LogP contribution >= 0.6 is 0 Å². The molecule has 1 aromatic carbocycles. The fourth-order valence-corrected chi connectivity index (χ4v) is 2.15. The molecule has 0 saturated carbocycles. The van der Waals surface area contributed by atoms with Crippen LogP contribution in [0.2, 0.25) is 0 Å². The van der Waals surface area contributed by atoms with Gasteiger partial charge in [-0.05, 0) is 11.6 Å². The number of nitrogens with one attached hydrogen (secondary N) is 1. The molecule has 24 heavy (non-hydrogen) atoms. The average Bonchev–Trinajstić information content (AvgIpc) is 2.51. The number of nitrogens with zero attached hydrogens (tertiary/aromatic N) is 1. The predicted molar refractivity (Wildman–Crippen MR) is 85.6 cm³/mol. The Bertz CT molecular complexity index is 719. The number of hydrogen-bond donors (Lipinski definition) is 1. The van der Waals surface area contributed by atoms with Crippen LogP contribution in [0.25, 0.3) is 0 Å². The van der Waals surface area contributed by atoms with Crippen LogP contribution in [0.1, 0.15) is 48.0 Å². The van der Waals surface area contributed by atoms with Crippen molar-refractivity contribution in [3.05, 3.63) is 65.0 Å². The van der Waals surface area contributed by atoms with E-state index < -0.39 is 28.6 Å². The summed E-state index contributed by atoms with van der Waals surface area (Å²) in [6.07, 6.45) is -3.62. The summed E-state index contributed by atoms with van der Waals surface area (Å²) in [7, 11) is 0. The van der Waals surface area contributed by atoms with Crippen LogP contribution in [-0.4, -0.2) is 10.9 Å². The number of carbonyl (C=O) groups is 1. The lowest BCUT2D eigenvalue weighted by atomic mass is 9.90. The van der Waals surface area contributed by atoms with E-state index in [2.05, 4.69) is 10.3 Å². The number of hydrogen-bond acceptors (Lipinski definition) is 2. The second-order valence-corrected chi connectivity index (χ2v) is 6.53. The third kappa shape index (κ3) is 4.34. The monoisotopic (exact) mass is 336 g/mol. The molecule has 1 heterocycles. The number of pyridine rings is 1. The highest BCUT2D eigenvalue weighted by Gasteiger charge is 2.36. The van der Waals surface area contributed by atoms with Crippen LogP contribution in [0.4, 0.5) is 13.2 Å². The zero-order valence-corrected chi connectivity index (χ0v) is 13.7. The summed E-state index contributed by atoms with van der Waals surface area (Å²) in [4.78, 5) is 16.2. The number of benzene rings is 1. The van der Waals surface area contributed by atoms with Gasteiger partial charge in [-0.15, -0.1) is 0 Å². The second-order valence-electron chi connectivity index (χ2n) is 6.53. The molecule has 1 aromatic heterocycles. The van der Waals surface area contributed by atoms with E-state index in [4.69, 9.17) is 0 Å². The summed E-state index contributed by atoms with van der Waals surface area (Å²) in [6, 6.07) is 9.93. The summed E-state index contributed by atoms with van der Waals surface area (Å²) in [6.45, 7) is 5.46. The fraction of sp³-hybridized carbons (Fsp3) is 0.333. The maximum absolute atomic E-state index is 13.3. The van der Waals surface area contributed by atoms with Crippen LogP contribution in [0, 0.1) is 0 Å². The molecule has 3 nitrogen and oxygen atoms in total. The quantitative estimate of drug-likeness (QED) is 0.906. The first-order valence-corrected chi connectivity index (χ1v) is 7.49. The van der Waals surface area contributed by atoms with Crippen molar-refractivity contribution in [1.29, 1.82) is 0 Å². The Morgan fingerprint density at radius 1 is 1.12 bits per heavy atom. The summed E-state index contributed by atoms with van der Waals surface area (Å²) < 4.78 is 40.0. The Labute approximate surface area is 138 Å². The molecule has 0 aliphatic heterocycles. The highest BCUT2D eigenvalue weighted by Crippen LogP contribution is 2.34. The number of aromatic nitrogens is 1. The molecule has 1 N–H and O–H groups in total. The Hall–Kier alpha value is -2.37. The number of rotatable bonds is 3. The third-order valence-corrected chi connectivity index (χ3v) is 3.52. The summed E-state index contributed by atoms with van der Waals surface area (Å²) in [5.41, 5.74) is -0.883. The molecular formula is C18H19F3N2O. The minimum atomic E-state index is -4.62. The molecule has 0 unspecified atom stereocenters. The molecule has 128 valence electrons. The van der Waals surface area contributed by atoms with E-state index in [0.29, 0.717) is 0 Å². The van der Waals surface area contributed by atoms with Gasteiger partial charge >= 0.3 is 6.18 Å². The lowest BCUT2D eigenvalue weighted by Gasteiger charge is -2.20. The summed E-state index contributed by atoms with van der Waals surface area (Å²) >= 11 is 0. The maximum Gasteiger partial charge on any atom is 0.417 e. The van der Waals surface area contributed by atoms with E-state index in [0.717, 1.165) is 17.8 Å². The maximum atomic E-state index is 13.3. The lowest BCUT2D eigenvalue weighted by molar-refractivity contribution is -0.138. The molecule has 0 radical (unpaired) electrons. The van der Waals surface area contributed by atoms with Crippen molar-refractivity contribution < 1.29 is 18.0 Å². The first kappa shape index (κ1) is 18.0. The predicted octanol–water partition coefficient (Wildman–Crippen LogP) is 4.33. The molecule has 0 aliphatic rings. The molecule has 0 fully saturated rings. The molecule has 0 saturated heterocycles.